The Kier molecular flexibility index (Phi) is 6.02. The topological polar surface area (TPSA) is 36.0 Å². The van der Waals surface area contributed by atoms with Gasteiger partial charge in [0, 0.05) is 11.6 Å². The van der Waals surface area contributed by atoms with Crippen LogP contribution in [0.5, 0.6) is 5.75 Å². The molecule has 23 heavy (non-hydrogen) atoms. The van der Waals surface area contributed by atoms with Crippen LogP contribution in [0.15, 0.2) is 24.3 Å². The molecule has 2 rings (SSSR count). The summed E-state index contributed by atoms with van der Waals surface area (Å²) in [6.45, 7) is 4.16. The second kappa shape index (κ2) is 7.61. The number of alkyl halides is 2. The van der Waals surface area contributed by atoms with E-state index in [1.807, 2.05) is 6.92 Å². The number of hydrazine groups is 1. The standard InChI is InChI=1S/C14H16Cl2FN3O2S/c1-3-22-11-6-4-10(5-7-11)18-12(9(2)8-23)19(13(15)16)20(17)14(18)21/h4-9,12-13H,3H2,1-2H3. The van der Waals surface area contributed by atoms with Gasteiger partial charge in [0.1, 0.15) is 11.9 Å². The van der Waals surface area contributed by atoms with Gasteiger partial charge in [-0.25, -0.2) is 4.79 Å². The summed E-state index contributed by atoms with van der Waals surface area (Å²) in [5, 5.41) is 2.30. The number of amides is 2. The second-order valence-electron chi connectivity index (χ2n) is 4.91. The highest BCUT2D eigenvalue weighted by atomic mass is 35.5. The number of nitrogens with zero attached hydrogens (tertiary/aromatic N) is 3. The SMILES string of the molecule is CCOc1ccc(N2C(=O)N(F)N(C(Cl)Cl)C2C(C)C=S)cc1. The van der Waals surface area contributed by atoms with E-state index in [4.69, 9.17) is 40.2 Å². The molecule has 0 saturated carbocycles. The second-order valence-corrected chi connectivity index (χ2v) is 6.23. The normalized spacial score (nSPS) is 20.3. The lowest BCUT2D eigenvalue weighted by Gasteiger charge is -2.31. The molecule has 5 nitrogen and oxygen atoms in total. The quantitative estimate of drug-likeness (QED) is 0.322. The third kappa shape index (κ3) is 3.52. The fraction of sp³-hybridized carbons (Fsp3) is 0.429. The van der Waals surface area contributed by atoms with Gasteiger partial charge in [-0.05, 0) is 36.6 Å². The fourth-order valence-electron chi connectivity index (χ4n) is 2.39. The number of carbonyl (C=O) groups is 1. The molecule has 1 saturated heterocycles. The Hall–Kier alpha value is -1.15. The van der Waals surface area contributed by atoms with Crippen molar-refractivity contribution in [1.82, 2.24) is 10.2 Å². The predicted molar refractivity (Wildman–Crippen MR) is 92.4 cm³/mol. The molecule has 2 atom stereocenters. The van der Waals surface area contributed by atoms with Gasteiger partial charge >= 0.3 is 6.03 Å². The van der Waals surface area contributed by atoms with Crippen LogP contribution < -0.4 is 9.64 Å². The minimum Gasteiger partial charge on any atom is -0.494 e. The van der Waals surface area contributed by atoms with Crippen LogP contribution in [0, 0.1) is 5.92 Å². The number of urea groups is 1. The van der Waals surface area contributed by atoms with Crippen LogP contribution in [-0.4, -0.2) is 39.4 Å². The number of anilines is 1. The summed E-state index contributed by atoms with van der Waals surface area (Å²) in [5.41, 5.74) is 0.492. The van der Waals surface area contributed by atoms with Crippen LogP contribution in [0.3, 0.4) is 0 Å². The Labute approximate surface area is 149 Å². The minimum atomic E-state index is -1.24. The molecule has 9 heteroatoms. The summed E-state index contributed by atoms with van der Waals surface area (Å²) < 4.78 is 19.6. The van der Waals surface area contributed by atoms with Crippen molar-refractivity contribution in [3.63, 3.8) is 0 Å². The zero-order valence-corrected chi connectivity index (χ0v) is 14.9. The highest BCUT2D eigenvalue weighted by Gasteiger charge is 2.50. The first-order chi connectivity index (χ1) is 10.9. The Morgan fingerprint density at radius 2 is 2.00 bits per heavy atom. The molecule has 0 radical (unpaired) electrons. The van der Waals surface area contributed by atoms with E-state index in [1.165, 1.54) is 10.3 Å². The van der Waals surface area contributed by atoms with Crippen molar-refractivity contribution in [2.75, 3.05) is 11.5 Å². The largest absolute Gasteiger partial charge is 0.494 e. The molecule has 1 fully saturated rings. The van der Waals surface area contributed by atoms with Crippen LogP contribution in [0.4, 0.5) is 15.0 Å². The van der Waals surface area contributed by atoms with Crippen molar-refractivity contribution < 1.29 is 14.0 Å². The highest BCUT2D eigenvalue weighted by Crippen LogP contribution is 2.36. The first kappa shape index (κ1) is 18.2. The van der Waals surface area contributed by atoms with Crippen LogP contribution in [0.25, 0.3) is 0 Å². The Morgan fingerprint density at radius 3 is 2.48 bits per heavy atom. The minimum absolute atomic E-state index is 0.0822. The van der Waals surface area contributed by atoms with E-state index >= 15 is 0 Å². The van der Waals surface area contributed by atoms with E-state index in [0.29, 0.717) is 18.0 Å². The molecule has 0 bridgehead atoms. The molecular formula is C14H16Cl2FN3O2S. The predicted octanol–water partition coefficient (Wildman–Crippen LogP) is 4.15. The number of ether oxygens (including phenoxy) is 1. The van der Waals surface area contributed by atoms with E-state index in [1.54, 1.807) is 31.2 Å². The Morgan fingerprint density at radius 1 is 1.39 bits per heavy atom. The van der Waals surface area contributed by atoms with Gasteiger partial charge in [-0.15, -0.1) is 5.01 Å². The van der Waals surface area contributed by atoms with Gasteiger partial charge in [0.15, 0.2) is 4.96 Å². The van der Waals surface area contributed by atoms with Crippen molar-refractivity contribution in [2.24, 2.45) is 5.92 Å². The molecule has 126 valence electrons. The average Bonchev–Trinajstić information content (AvgIpc) is 2.80. The third-order valence-corrected chi connectivity index (χ3v) is 4.24. The molecule has 0 aliphatic carbocycles. The van der Waals surface area contributed by atoms with Crippen molar-refractivity contribution in [2.45, 2.75) is 25.0 Å². The summed E-state index contributed by atoms with van der Waals surface area (Å²) in [7, 11) is 0. The molecule has 0 spiro atoms. The van der Waals surface area contributed by atoms with Gasteiger partial charge in [-0.1, -0.05) is 52.1 Å². The molecule has 1 aromatic carbocycles. The van der Waals surface area contributed by atoms with Gasteiger partial charge in [0.25, 0.3) is 0 Å². The lowest BCUT2D eigenvalue weighted by molar-refractivity contribution is -0.115. The lowest BCUT2D eigenvalue weighted by Crippen LogP contribution is -2.47. The average molecular weight is 380 g/mol. The van der Waals surface area contributed by atoms with Gasteiger partial charge < -0.3 is 4.74 Å². The number of benzene rings is 1. The van der Waals surface area contributed by atoms with Crippen LogP contribution >= 0.6 is 35.4 Å². The van der Waals surface area contributed by atoms with Crippen LogP contribution in [-0.2, 0) is 0 Å². The smallest absolute Gasteiger partial charge is 0.369 e. The summed E-state index contributed by atoms with van der Waals surface area (Å²) >= 11 is 16.6. The number of halogens is 3. The summed E-state index contributed by atoms with van der Waals surface area (Å²) in [5.74, 6) is 0.310. The maximum absolute atomic E-state index is 14.2. The van der Waals surface area contributed by atoms with Gasteiger partial charge in [0.2, 0.25) is 0 Å². The van der Waals surface area contributed by atoms with Crippen LogP contribution in [0.1, 0.15) is 13.8 Å². The number of carbonyl (C=O) groups excluding carboxylic acids is 1. The first-order valence-corrected chi connectivity index (χ1v) is 8.30. The van der Waals surface area contributed by atoms with E-state index in [9.17, 15) is 9.28 Å². The molecule has 1 aliphatic rings. The van der Waals surface area contributed by atoms with E-state index in [0.717, 1.165) is 5.01 Å². The summed E-state index contributed by atoms with van der Waals surface area (Å²) in [6, 6.07) is 5.86. The maximum atomic E-state index is 14.2. The van der Waals surface area contributed by atoms with E-state index in [-0.39, 0.29) is 11.1 Å². The van der Waals surface area contributed by atoms with Crippen molar-refractivity contribution in [1.29, 1.82) is 0 Å². The van der Waals surface area contributed by atoms with Crippen molar-refractivity contribution in [3.8, 4) is 5.75 Å². The number of hydrogen-bond acceptors (Lipinski definition) is 4. The van der Waals surface area contributed by atoms with Crippen LogP contribution in [0.2, 0.25) is 0 Å². The van der Waals surface area contributed by atoms with Gasteiger partial charge in [-0.3, -0.25) is 4.90 Å². The molecule has 1 heterocycles. The summed E-state index contributed by atoms with van der Waals surface area (Å²) in [4.78, 5) is 12.3. The highest BCUT2D eigenvalue weighted by molar-refractivity contribution is 7.79. The van der Waals surface area contributed by atoms with Crippen molar-refractivity contribution in [3.05, 3.63) is 24.3 Å². The molecule has 2 unspecified atom stereocenters. The first-order valence-electron chi connectivity index (χ1n) is 6.96. The third-order valence-electron chi connectivity index (χ3n) is 3.41. The maximum Gasteiger partial charge on any atom is 0.369 e. The Bertz CT molecular complexity index is 576. The number of thiocarbonyl (C=S) groups is 1. The van der Waals surface area contributed by atoms with Crippen molar-refractivity contribution >= 4 is 52.5 Å². The molecule has 1 aromatic rings. The monoisotopic (exact) mass is 379 g/mol. The molecular weight excluding hydrogens is 364 g/mol. The van der Waals surface area contributed by atoms with Gasteiger partial charge in [-0.2, -0.15) is 0 Å². The molecule has 1 aliphatic heterocycles. The van der Waals surface area contributed by atoms with E-state index in [2.05, 4.69) is 0 Å². The Balaban J connectivity index is 2.40. The fourth-order valence-corrected chi connectivity index (χ4v) is 2.92. The summed E-state index contributed by atoms with van der Waals surface area (Å²) in [6.07, 6.45) is -0.761. The molecule has 0 aromatic heterocycles. The number of hydrogen-bond donors (Lipinski definition) is 0. The molecule has 2 amide bonds. The van der Waals surface area contributed by atoms with E-state index < -0.39 is 17.2 Å². The molecule has 0 N–H and O–H groups in total. The lowest BCUT2D eigenvalue weighted by atomic mass is 10.1. The van der Waals surface area contributed by atoms with Gasteiger partial charge in [0.05, 0.1) is 6.61 Å². The zero-order valence-electron chi connectivity index (χ0n) is 12.5. The number of rotatable bonds is 6. The zero-order chi connectivity index (χ0) is 17.1.